The molecule has 0 fully saturated rings. The molecule has 2 aromatic rings. The summed E-state index contributed by atoms with van der Waals surface area (Å²) in [6.07, 6.45) is 0.676. The van der Waals surface area contributed by atoms with E-state index in [9.17, 15) is 4.79 Å². The first-order chi connectivity index (χ1) is 12.8. The van der Waals surface area contributed by atoms with Crippen LogP contribution >= 0.6 is 0 Å². The molecular weight excluding hydrogens is 342 g/mol. The zero-order chi connectivity index (χ0) is 19.6. The number of hydrogen-bond donors (Lipinski definition) is 1. The summed E-state index contributed by atoms with van der Waals surface area (Å²) < 4.78 is 17.0. The Balaban J connectivity index is 1.86. The van der Waals surface area contributed by atoms with Crippen molar-refractivity contribution in [1.29, 1.82) is 0 Å². The van der Waals surface area contributed by atoms with Crippen molar-refractivity contribution >= 4 is 5.91 Å². The molecule has 1 aliphatic rings. The fourth-order valence-corrected chi connectivity index (χ4v) is 3.44. The SMILES string of the molecule is CCOc1ccc(C(=O)N[C@H]2CC(C)(C)Oc3ccc(OC)cc32)cc1C. The predicted molar refractivity (Wildman–Crippen MR) is 105 cm³/mol. The molecule has 0 aliphatic carbocycles. The van der Waals surface area contributed by atoms with Crippen LogP contribution in [0.3, 0.4) is 0 Å². The molecule has 2 aromatic carbocycles. The summed E-state index contributed by atoms with van der Waals surface area (Å²) in [5.74, 6) is 2.21. The lowest BCUT2D eigenvalue weighted by atomic mass is 9.89. The van der Waals surface area contributed by atoms with Gasteiger partial charge in [-0.25, -0.2) is 0 Å². The molecule has 1 amide bonds. The van der Waals surface area contributed by atoms with Crippen LogP contribution in [0.2, 0.25) is 0 Å². The van der Waals surface area contributed by atoms with Crippen LogP contribution in [-0.2, 0) is 0 Å². The maximum atomic E-state index is 12.9. The average Bonchev–Trinajstić information content (AvgIpc) is 2.62. The zero-order valence-corrected chi connectivity index (χ0v) is 16.6. The number of nitrogens with one attached hydrogen (secondary N) is 1. The molecule has 1 atom stereocenters. The van der Waals surface area contributed by atoms with Gasteiger partial charge < -0.3 is 19.5 Å². The van der Waals surface area contributed by atoms with Crippen molar-refractivity contribution in [2.75, 3.05) is 13.7 Å². The molecule has 1 aliphatic heterocycles. The largest absolute Gasteiger partial charge is 0.497 e. The molecule has 144 valence electrons. The second kappa shape index (κ2) is 7.51. The van der Waals surface area contributed by atoms with Gasteiger partial charge in [-0.3, -0.25) is 4.79 Å². The van der Waals surface area contributed by atoms with E-state index in [4.69, 9.17) is 14.2 Å². The average molecular weight is 369 g/mol. The smallest absolute Gasteiger partial charge is 0.251 e. The zero-order valence-electron chi connectivity index (χ0n) is 16.6. The number of ether oxygens (including phenoxy) is 3. The molecule has 0 saturated carbocycles. The number of carbonyl (C=O) groups excluding carboxylic acids is 1. The van der Waals surface area contributed by atoms with E-state index >= 15 is 0 Å². The summed E-state index contributed by atoms with van der Waals surface area (Å²) in [4.78, 5) is 12.9. The van der Waals surface area contributed by atoms with E-state index in [1.807, 2.05) is 58.0 Å². The highest BCUT2D eigenvalue weighted by Gasteiger charge is 2.35. The minimum Gasteiger partial charge on any atom is -0.497 e. The Morgan fingerprint density at radius 3 is 2.70 bits per heavy atom. The van der Waals surface area contributed by atoms with Gasteiger partial charge >= 0.3 is 0 Å². The highest BCUT2D eigenvalue weighted by Crippen LogP contribution is 2.41. The highest BCUT2D eigenvalue weighted by molar-refractivity contribution is 5.95. The number of hydrogen-bond acceptors (Lipinski definition) is 4. The quantitative estimate of drug-likeness (QED) is 0.847. The second-order valence-corrected chi connectivity index (χ2v) is 7.41. The van der Waals surface area contributed by atoms with Crippen molar-refractivity contribution in [2.24, 2.45) is 0 Å². The van der Waals surface area contributed by atoms with Crippen LogP contribution in [0.1, 0.15) is 54.7 Å². The van der Waals surface area contributed by atoms with Gasteiger partial charge in [0.05, 0.1) is 19.8 Å². The van der Waals surface area contributed by atoms with Crippen LogP contribution in [0, 0.1) is 6.92 Å². The molecule has 0 saturated heterocycles. The molecule has 27 heavy (non-hydrogen) atoms. The molecule has 0 unspecified atom stereocenters. The van der Waals surface area contributed by atoms with Gasteiger partial charge in [-0.2, -0.15) is 0 Å². The normalized spacial score (nSPS) is 17.4. The summed E-state index contributed by atoms with van der Waals surface area (Å²) in [7, 11) is 1.63. The Morgan fingerprint density at radius 2 is 2.04 bits per heavy atom. The van der Waals surface area contributed by atoms with Crippen LogP contribution in [0.5, 0.6) is 17.2 Å². The van der Waals surface area contributed by atoms with E-state index in [-0.39, 0.29) is 17.6 Å². The van der Waals surface area contributed by atoms with Crippen molar-refractivity contribution < 1.29 is 19.0 Å². The summed E-state index contributed by atoms with van der Waals surface area (Å²) in [6.45, 7) is 8.54. The Kier molecular flexibility index (Phi) is 5.31. The molecule has 0 spiro atoms. The van der Waals surface area contributed by atoms with Gasteiger partial charge in [0.15, 0.2) is 0 Å². The first-order valence-electron chi connectivity index (χ1n) is 9.24. The maximum Gasteiger partial charge on any atom is 0.251 e. The number of methoxy groups -OCH3 is 1. The van der Waals surface area contributed by atoms with Crippen molar-refractivity contribution in [3.05, 3.63) is 53.1 Å². The standard InChI is InChI=1S/C22H27NO4/c1-6-26-19-9-7-15(11-14(19)2)21(24)23-18-13-22(3,4)27-20-10-8-16(25-5)12-17(18)20/h7-12,18H,6,13H2,1-5H3,(H,23,24)/t18-/m0/s1. The third kappa shape index (κ3) is 4.18. The van der Waals surface area contributed by atoms with Gasteiger partial charge in [0.1, 0.15) is 22.8 Å². The molecule has 5 heteroatoms. The van der Waals surface area contributed by atoms with Crippen molar-refractivity contribution in [3.63, 3.8) is 0 Å². The fraction of sp³-hybridized carbons (Fsp3) is 0.409. The van der Waals surface area contributed by atoms with Gasteiger partial charge in [-0.15, -0.1) is 0 Å². The summed E-state index contributed by atoms with van der Waals surface area (Å²) in [5, 5.41) is 3.16. The molecular formula is C22H27NO4. The van der Waals surface area contributed by atoms with Crippen LogP contribution in [-0.4, -0.2) is 25.2 Å². The van der Waals surface area contributed by atoms with Crippen LogP contribution in [0.15, 0.2) is 36.4 Å². The van der Waals surface area contributed by atoms with Crippen molar-refractivity contribution in [2.45, 2.75) is 45.8 Å². The van der Waals surface area contributed by atoms with Crippen LogP contribution in [0.4, 0.5) is 0 Å². The lowest BCUT2D eigenvalue weighted by Gasteiger charge is -2.38. The van der Waals surface area contributed by atoms with Crippen molar-refractivity contribution in [3.8, 4) is 17.2 Å². The van der Waals surface area contributed by atoms with Crippen LogP contribution < -0.4 is 19.5 Å². The lowest BCUT2D eigenvalue weighted by molar-refractivity contribution is 0.0618. The third-order valence-corrected chi connectivity index (χ3v) is 4.72. The number of amides is 1. The summed E-state index contributed by atoms with van der Waals surface area (Å²) in [5.41, 5.74) is 2.13. The summed E-state index contributed by atoms with van der Waals surface area (Å²) in [6, 6.07) is 11.0. The predicted octanol–water partition coefficient (Wildman–Crippen LogP) is 4.43. The Labute approximate surface area is 160 Å². The minimum absolute atomic E-state index is 0.113. The van der Waals surface area contributed by atoms with E-state index < -0.39 is 0 Å². The number of aryl methyl sites for hydroxylation is 1. The van der Waals surface area contributed by atoms with Gasteiger partial charge in [-0.05, 0) is 69.7 Å². The van der Waals surface area contributed by atoms with E-state index in [0.29, 0.717) is 18.6 Å². The van der Waals surface area contributed by atoms with Crippen molar-refractivity contribution in [1.82, 2.24) is 5.32 Å². The van der Waals surface area contributed by atoms with E-state index in [1.54, 1.807) is 13.2 Å². The number of fused-ring (bicyclic) bond motifs is 1. The maximum absolute atomic E-state index is 12.9. The molecule has 1 heterocycles. The second-order valence-electron chi connectivity index (χ2n) is 7.41. The van der Waals surface area contributed by atoms with Gasteiger partial charge in [0.2, 0.25) is 0 Å². The van der Waals surface area contributed by atoms with Gasteiger partial charge in [0.25, 0.3) is 5.91 Å². The number of carbonyl (C=O) groups is 1. The molecule has 1 N–H and O–H groups in total. The lowest BCUT2D eigenvalue weighted by Crippen LogP contribution is -2.41. The van der Waals surface area contributed by atoms with Gasteiger partial charge in [0, 0.05) is 17.5 Å². The topological polar surface area (TPSA) is 56.8 Å². The van der Waals surface area contributed by atoms with Crippen LogP contribution in [0.25, 0.3) is 0 Å². The van der Waals surface area contributed by atoms with E-state index in [1.165, 1.54) is 0 Å². The third-order valence-electron chi connectivity index (χ3n) is 4.72. The fourth-order valence-electron chi connectivity index (χ4n) is 3.44. The van der Waals surface area contributed by atoms with E-state index in [0.717, 1.165) is 28.4 Å². The first-order valence-corrected chi connectivity index (χ1v) is 9.24. The number of benzene rings is 2. The minimum atomic E-state index is -0.367. The highest BCUT2D eigenvalue weighted by atomic mass is 16.5. The Morgan fingerprint density at radius 1 is 1.26 bits per heavy atom. The number of rotatable bonds is 5. The molecule has 3 rings (SSSR count). The Hall–Kier alpha value is -2.69. The molecule has 0 radical (unpaired) electrons. The molecule has 0 aromatic heterocycles. The van der Waals surface area contributed by atoms with Gasteiger partial charge in [-0.1, -0.05) is 0 Å². The van der Waals surface area contributed by atoms with E-state index in [2.05, 4.69) is 5.32 Å². The molecule has 5 nitrogen and oxygen atoms in total. The Bertz CT molecular complexity index is 844. The first kappa shape index (κ1) is 19.1. The molecule has 0 bridgehead atoms. The summed E-state index contributed by atoms with van der Waals surface area (Å²) >= 11 is 0. The monoisotopic (exact) mass is 369 g/mol.